The molecule has 0 spiro atoms. The van der Waals surface area contributed by atoms with E-state index < -0.39 is 6.23 Å². The average Bonchev–Trinajstić information content (AvgIpc) is 2.44. The van der Waals surface area contributed by atoms with Gasteiger partial charge >= 0.3 is 0 Å². The predicted octanol–water partition coefficient (Wildman–Crippen LogP) is 2.37. The Morgan fingerprint density at radius 1 is 1.35 bits per heavy atom. The van der Waals surface area contributed by atoms with Gasteiger partial charge in [0.2, 0.25) is 5.95 Å². The van der Waals surface area contributed by atoms with Gasteiger partial charge in [-0.25, -0.2) is 4.98 Å². The summed E-state index contributed by atoms with van der Waals surface area (Å²) in [5.74, 6) is 0.509. The van der Waals surface area contributed by atoms with Crippen molar-refractivity contribution in [2.75, 3.05) is 16.4 Å². The Bertz CT molecular complexity index is 619. The quantitative estimate of drug-likeness (QED) is 0.499. The molecule has 0 bridgehead atoms. The molecular formula is C13H14ClN5O. The maximum absolute atomic E-state index is 9.57. The molecule has 0 saturated carbocycles. The van der Waals surface area contributed by atoms with Crippen LogP contribution in [0.3, 0.4) is 0 Å². The van der Waals surface area contributed by atoms with Gasteiger partial charge in [0.25, 0.3) is 0 Å². The molecule has 0 saturated heterocycles. The zero-order chi connectivity index (χ0) is 14.5. The highest BCUT2D eigenvalue weighted by molar-refractivity contribution is 6.32. The maximum atomic E-state index is 9.57. The number of hydrogen-bond acceptors (Lipinski definition) is 6. The van der Waals surface area contributed by atoms with Crippen LogP contribution in [0.4, 0.5) is 23.1 Å². The lowest BCUT2D eigenvalue weighted by Crippen LogP contribution is -2.16. The number of nitrogens with two attached hydrogens (primary N) is 1. The number of nitrogens with one attached hydrogen (secondary N) is 2. The van der Waals surface area contributed by atoms with Crippen molar-refractivity contribution in [3.05, 3.63) is 48.1 Å². The van der Waals surface area contributed by atoms with E-state index in [0.29, 0.717) is 22.2 Å². The van der Waals surface area contributed by atoms with Crippen LogP contribution in [0.1, 0.15) is 0 Å². The maximum Gasteiger partial charge on any atom is 0.222 e. The van der Waals surface area contributed by atoms with Crippen LogP contribution in [0.2, 0.25) is 5.02 Å². The summed E-state index contributed by atoms with van der Waals surface area (Å²) in [5, 5.41) is 15.8. The highest BCUT2D eigenvalue weighted by Gasteiger charge is 2.08. The number of nitrogen functional groups attached to an aromatic ring is 1. The molecule has 2 aromatic rings. The van der Waals surface area contributed by atoms with Crippen LogP contribution in [0, 0.1) is 0 Å². The second-order valence-electron chi connectivity index (χ2n) is 3.92. The van der Waals surface area contributed by atoms with Gasteiger partial charge in [0.1, 0.15) is 11.3 Å². The van der Waals surface area contributed by atoms with Crippen LogP contribution in [0.25, 0.3) is 0 Å². The summed E-state index contributed by atoms with van der Waals surface area (Å²) in [7, 11) is 0. The van der Waals surface area contributed by atoms with Crippen molar-refractivity contribution in [2.24, 2.45) is 0 Å². The number of para-hydroxylation sites is 2. The van der Waals surface area contributed by atoms with Gasteiger partial charge in [0, 0.05) is 0 Å². The molecule has 1 unspecified atom stereocenters. The van der Waals surface area contributed by atoms with Gasteiger partial charge in [-0.1, -0.05) is 30.3 Å². The molecule has 1 atom stereocenters. The van der Waals surface area contributed by atoms with E-state index in [1.165, 1.54) is 12.3 Å². The minimum absolute atomic E-state index is 0.119. The molecule has 104 valence electrons. The van der Waals surface area contributed by atoms with E-state index in [1.807, 2.05) is 18.2 Å². The van der Waals surface area contributed by atoms with Crippen LogP contribution < -0.4 is 16.4 Å². The molecule has 2 rings (SSSR count). The fourth-order valence-electron chi connectivity index (χ4n) is 1.53. The molecule has 0 aliphatic rings. The summed E-state index contributed by atoms with van der Waals surface area (Å²) < 4.78 is 0. The van der Waals surface area contributed by atoms with E-state index in [-0.39, 0.29) is 5.95 Å². The number of benzene rings is 1. The number of aromatic nitrogens is 2. The lowest BCUT2D eigenvalue weighted by Gasteiger charge is -2.16. The molecule has 6 nitrogen and oxygen atoms in total. The molecule has 1 aromatic heterocycles. The van der Waals surface area contributed by atoms with Crippen molar-refractivity contribution < 1.29 is 5.11 Å². The fourth-order valence-corrected chi connectivity index (χ4v) is 1.67. The standard InChI is InChI=1S/C13H14ClN5O/c1-2-11(20)17-9-5-3-4-6-10(9)18-12-8(14)7-16-13(15)19-12/h2-7,11,17,20H,1H2,(H3,15,16,18,19). The normalized spacial score (nSPS) is 11.7. The minimum Gasteiger partial charge on any atom is -0.370 e. The first-order valence-corrected chi connectivity index (χ1v) is 6.19. The smallest absolute Gasteiger partial charge is 0.222 e. The van der Waals surface area contributed by atoms with Crippen LogP contribution in [0.15, 0.2) is 43.1 Å². The van der Waals surface area contributed by atoms with Gasteiger partial charge in [-0.15, -0.1) is 0 Å². The molecule has 1 heterocycles. The number of aliphatic hydroxyl groups excluding tert-OH is 1. The highest BCUT2D eigenvalue weighted by atomic mass is 35.5. The molecule has 0 aliphatic heterocycles. The highest BCUT2D eigenvalue weighted by Crippen LogP contribution is 2.28. The average molecular weight is 292 g/mol. The number of anilines is 4. The van der Waals surface area contributed by atoms with Crippen LogP contribution in [-0.4, -0.2) is 21.3 Å². The molecule has 7 heteroatoms. The Morgan fingerprint density at radius 3 is 2.75 bits per heavy atom. The van der Waals surface area contributed by atoms with Crippen molar-refractivity contribution in [2.45, 2.75) is 6.23 Å². The van der Waals surface area contributed by atoms with E-state index >= 15 is 0 Å². The van der Waals surface area contributed by atoms with Gasteiger partial charge in [-0.3, -0.25) is 0 Å². The van der Waals surface area contributed by atoms with E-state index in [4.69, 9.17) is 17.3 Å². The Kier molecular flexibility index (Phi) is 4.39. The van der Waals surface area contributed by atoms with E-state index in [0.717, 1.165) is 0 Å². The molecule has 0 aliphatic carbocycles. The van der Waals surface area contributed by atoms with Gasteiger partial charge < -0.3 is 21.5 Å². The topological polar surface area (TPSA) is 96.1 Å². The molecular weight excluding hydrogens is 278 g/mol. The Balaban J connectivity index is 2.29. The third-order valence-corrected chi connectivity index (χ3v) is 2.75. The molecule has 0 fully saturated rings. The summed E-state index contributed by atoms with van der Waals surface area (Å²) in [4.78, 5) is 7.81. The summed E-state index contributed by atoms with van der Waals surface area (Å²) in [6, 6.07) is 7.28. The summed E-state index contributed by atoms with van der Waals surface area (Å²) >= 11 is 6.00. The molecule has 5 N–H and O–H groups in total. The number of hydrogen-bond donors (Lipinski definition) is 4. The lowest BCUT2D eigenvalue weighted by molar-refractivity contribution is 0.253. The summed E-state index contributed by atoms with van der Waals surface area (Å²) in [5.41, 5.74) is 6.89. The van der Waals surface area contributed by atoms with Gasteiger partial charge in [0.15, 0.2) is 5.82 Å². The number of halogens is 1. The third-order valence-electron chi connectivity index (χ3n) is 2.47. The Hall–Kier alpha value is -2.31. The van der Waals surface area contributed by atoms with E-state index in [1.54, 1.807) is 6.07 Å². The lowest BCUT2D eigenvalue weighted by atomic mass is 10.2. The van der Waals surface area contributed by atoms with Crippen molar-refractivity contribution in [1.82, 2.24) is 9.97 Å². The van der Waals surface area contributed by atoms with Crippen LogP contribution in [0.5, 0.6) is 0 Å². The molecule has 0 amide bonds. The number of rotatable bonds is 5. The minimum atomic E-state index is -0.858. The van der Waals surface area contributed by atoms with Gasteiger partial charge in [-0.2, -0.15) is 4.98 Å². The fraction of sp³-hybridized carbons (Fsp3) is 0.0769. The summed E-state index contributed by atoms with van der Waals surface area (Å²) in [6.07, 6.45) is 1.94. The van der Waals surface area contributed by atoms with E-state index in [2.05, 4.69) is 27.2 Å². The first kappa shape index (κ1) is 14.1. The van der Waals surface area contributed by atoms with Crippen LogP contribution >= 0.6 is 11.6 Å². The molecule has 20 heavy (non-hydrogen) atoms. The van der Waals surface area contributed by atoms with Crippen LogP contribution in [-0.2, 0) is 0 Å². The predicted molar refractivity (Wildman–Crippen MR) is 81.0 cm³/mol. The SMILES string of the molecule is C=CC(O)Nc1ccccc1Nc1nc(N)ncc1Cl. The van der Waals surface area contributed by atoms with E-state index in [9.17, 15) is 5.11 Å². The van der Waals surface area contributed by atoms with Crippen molar-refractivity contribution in [1.29, 1.82) is 0 Å². The second kappa shape index (κ2) is 6.23. The Morgan fingerprint density at radius 2 is 2.05 bits per heavy atom. The zero-order valence-electron chi connectivity index (χ0n) is 10.5. The van der Waals surface area contributed by atoms with Gasteiger partial charge in [-0.05, 0) is 18.2 Å². The monoisotopic (exact) mass is 291 g/mol. The molecule has 0 radical (unpaired) electrons. The number of nitrogens with zero attached hydrogens (tertiary/aromatic N) is 2. The van der Waals surface area contributed by atoms with Crippen molar-refractivity contribution in [3.8, 4) is 0 Å². The first-order valence-electron chi connectivity index (χ1n) is 5.81. The first-order chi connectivity index (χ1) is 9.60. The number of aliphatic hydroxyl groups is 1. The zero-order valence-corrected chi connectivity index (χ0v) is 11.3. The second-order valence-corrected chi connectivity index (χ2v) is 4.33. The summed E-state index contributed by atoms with van der Waals surface area (Å²) in [6.45, 7) is 3.50. The van der Waals surface area contributed by atoms with Gasteiger partial charge in [0.05, 0.1) is 17.6 Å². The van der Waals surface area contributed by atoms with Crippen molar-refractivity contribution >= 4 is 34.7 Å². The van der Waals surface area contributed by atoms with Crippen molar-refractivity contribution in [3.63, 3.8) is 0 Å². The molecule has 1 aromatic carbocycles. The Labute approximate surface area is 121 Å². The largest absolute Gasteiger partial charge is 0.370 e. The third kappa shape index (κ3) is 3.37.